The number of ether oxygens (including phenoxy) is 1. The fourth-order valence-corrected chi connectivity index (χ4v) is 2.17. The van der Waals surface area contributed by atoms with Crippen LogP contribution in [0.15, 0.2) is 0 Å². The van der Waals surface area contributed by atoms with Crippen LogP contribution < -0.4 is 0 Å². The fourth-order valence-electron chi connectivity index (χ4n) is 2.17. The quantitative estimate of drug-likeness (QED) is 0.690. The van der Waals surface area contributed by atoms with Crippen LogP contribution in [0.25, 0.3) is 0 Å². The van der Waals surface area contributed by atoms with Crippen molar-refractivity contribution in [3.63, 3.8) is 0 Å². The van der Waals surface area contributed by atoms with Gasteiger partial charge < -0.3 is 9.64 Å². The summed E-state index contributed by atoms with van der Waals surface area (Å²) in [5.74, 6) is 0.794. The van der Waals surface area contributed by atoms with E-state index in [0.29, 0.717) is 6.04 Å². The van der Waals surface area contributed by atoms with Crippen molar-refractivity contribution in [3.8, 4) is 0 Å². The van der Waals surface area contributed by atoms with Crippen LogP contribution in [0, 0.1) is 5.92 Å². The van der Waals surface area contributed by atoms with Gasteiger partial charge in [-0.05, 0) is 32.7 Å². The van der Waals surface area contributed by atoms with Crippen molar-refractivity contribution in [3.05, 3.63) is 0 Å². The van der Waals surface area contributed by atoms with Crippen LogP contribution in [0.2, 0.25) is 0 Å². The molecule has 2 heteroatoms. The summed E-state index contributed by atoms with van der Waals surface area (Å²) in [4.78, 5) is 2.55. The molecular formula is C12H25NO. The Kier molecular flexibility index (Phi) is 4.90. The van der Waals surface area contributed by atoms with Gasteiger partial charge in [-0.3, -0.25) is 0 Å². The van der Waals surface area contributed by atoms with E-state index in [2.05, 4.69) is 32.7 Å². The first-order valence-electron chi connectivity index (χ1n) is 5.96. The highest BCUT2D eigenvalue weighted by atomic mass is 16.5. The Balaban J connectivity index is 2.41. The van der Waals surface area contributed by atoms with E-state index in [1.54, 1.807) is 0 Å². The molecule has 0 aromatic carbocycles. The Morgan fingerprint density at radius 1 is 1.29 bits per heavy atom. The number of rotatable bonds is 4. The van der Waals surface area contributed by atoms with E-state index in [9.17, 15) is 0 Å². The highest BCUT2D eigenvalue weighted by molar-refractivity contribution is 4.78. The lowest BCUT2D eigenvalue weighted by Gasteiger charge is -2.38. The van der Waals surface area contributed by atoms with Crippen molar-refractivity contribution in [2.24, 2.45) is 5.92 Å². The molecule has 1 fully saturated rings. The smallest absolute Gasteiger partial charge is 0.0480 e. The summed E-state index contributed by atoms with van der Waals surface area (Å²) >= 11 is 0. The van der Waals surface area contributed by atoms with Gasteiger partial charge in [-0.15, -0.1) is 0 Å². The lowest BCUT2D eigenvalue weighted by Crippen LogP contribution is -2.44. The van der Waals surface area contributed by atoms with Crippen molar-refractivity contribution in [1.29, 1.82) is 0 Å². The van der Waals surface area contributed by atoms with Gasteiger partial charge in [-0.2, -0.15) is 0 Å². The minimum atomic E-state index is 0.697. The van der Waals surface area contributed by atoms with Crippen LogP contribution in [0.1, 0.15) is 40.0 Å². The lowest BCUT2D eigenvalue weighted by atomic mass is 9.96. The maximum atomic E-state index is 5.39. The Morgan fingerprint density at radius 2 is 1.86 bits per heavy atom. The molecule has 1 saturated heterocycles. The van der Waals surface area contributed by atoms with Crippen LogP contribution in [0.4, 0.5) is 0 Å². The third-order valence-electron chi connectivity index (χ3n) is 3.88. The SMILES string of the molecule is CCC(C)C(C)N(C)C1CCOCC1. The Bertz CT molecular complexity index is 152. The molecule has 0 aromatic heterocycles. The second kappa shape index (κ2) is 5.72. The van der Waals surface area contributed by atoms with Gasteiger partial charge in [0.2, 0.25) is 0 Å². The molecule has 14 heavy (non-hydrogen) atoms. The Labute approximate surface area is 88.6 Å². The molecule has 1 rings (SSSR count). The summed E-state index contributed by atoms with van der Waals surface area (Å²) in [7, 11) is 2.27. The van der Waals surface area contributed by atoms with Gasteiger partial charge in [0.05, 0.1) is 0 Å². The Morgan fingerprint density at radius 3 is 2.36 bits per heavy atom. The van der Waals surface area contributed by atoms with Crippen LogP contribution in [-0.2, 0) is 4.74 Å². The molecule has 0 amide bonds. The van der Waals surface area contributed by atoms with Gasteiger partial charge in [0.1, 0.15) is 0 Å². The van der Waals surface area contributed by atoms with E-state index >= 15 is 0 Å². The summed E-state index contributed by atoms with van der Waals surface area (Å²) in [6.45, 7) is 8.87. The molecule has 0 N–H and O–H groups in total. The molecular weight excluding hydrogens is 174 g/mol. The average molecular weight is 199 g/mol. The zero-order valence-corrected chi connectivity index (χ0v) is 10.1. The predicted octanol–water partition coefficient (Wildman–Crippen LogP) is 2.53. The lowest BCUT2D eigenvalue weighted by molar-refractivity contribution is 0.0222. The first-order valence-corrected chi connectivity index (χ1v) is 5.96. The molecule has 2 nitrogen and oxygen atoms in total. The molecule has 0 bridgehead atoms. The normalized spacial score (nSPS) is 23.8. The second-order valence-electron chi connectivity index (χ2n) is 4.64. The van der Waals surface area contributed by atoms with Gasteiger partial charge in [0, 0.05) is 25.3 Å². The van der Waals surface area contributed by atoms with Crippen LogP contribution in [0.3, 0.4) is 0 Å². The first kappa shape index (κ1) is 12.0. The van der Waals surface area contributed by atoms with E-state index in [1.165, 1.54) is 19.3 Å². The van der Waals surface area contributed by atoms with Crippen LogP contribution in [-0.4, -0.2) is 37.2 Å². The van der Waals surface area contributed by atoms with Crippen molar-refractivity contribution in [1.82, 2.24) is 4.90 Å². The van der Waals surface area contributed by atoms with Crippen LogP contribution >= 0.6 is 0 Å². The summed E-state index contributed by atoms with van der Waals surface area (Å²) < 4.78 is 5.39. The summed E-state index contributed by atoms with van der Waals surface area (Å²) in [5, 5.41) is 0. The van der Waals surface area contributed by atoms with E-state index in [4.69, 9.17) is 4.74 Å². The van der Waals surface area contributed by atoms with Crippen molar-refractivity contribution in [2.45, 2.75) is 52.1 Å². The molecule has 1 heterocycles. The van der Waals surface area contributed by atoms with Crippen molar-refractivity contribution in [2.75, 3.05) is 20.3 Å². The maximum absolute atomic E-state index is 5.39. The van der Waals surface area contributed by atoms with Gasteiger partial charge in [0.25, 0.3) is 0 Å². The highest BCUT2D eigenvalue weighted by Crippen LogP contribution is 2.20. The van der Waals surface area contributed by atoms with Gasteiger partial charge >= 0.3 is 0 Å². The molecule has 1 aliphatic heterocycles. The van der Waals surface area contributed by atoms with Crippen LogP contribution in [0.5, 0.6) is 0 Å². The average Bonchev–Trinajstić information content (AvgIpc) is 2.27. The molecule has 84 valence electrons. The van der Waals surface area contributed by atoms with E-state index in [-0.39, 0.29) is 0 Å². The monoisotopic (exact) mass is 199 g/mol. The molecule has 0 radical (unpaired) electrons. The third-order valence-corrected chi connectivity index (χ3v) is 3.88. The highest BCUT2D eigenvalue weighted by Gasteiger charge is 2.24. The summed E-state index contributed by atoms with van der Waals surface area (Å²) in [6, 6.07) is 1.44. The zero-order chi connectivity index (χ0) is 10.6. The minimum Gasteiger partial charge on any atom is -0.381 e. The molecule has 2 atom stereocenters. The molecule has 0 spiro atoms. The number of nitrogens with zero attached hydrogens (tertiary/aromatic N) is 1. The third kappa shape index (κ3) is 2.96. The number of hydrogen-bond acceptors (Lipinski definition) is 2. The fraction of sp³-hybridized carbons (Fsp3) is 1.00. The molecule has 0 saturated carbocycles. The molecule has 2 unspecified atom stereocenters. The van der Waals surface area contributed by atoms with Gasteiger partial charge in [0.15, 0.2) is 0 Å². The standard InChI is InChI=1S/C12H25NO/c1-5-10(2)11(3)13(4)12-6-8-14-9-7-12/h10-12H,5-9H2,1-4H3. The van der Waals surface area contributed by atoms with Crippen molar-refractivity contribution < 1.29 is 4.74 Å². The number of hydrogen-bond donors (Lipinski definition) is 0. The maximum Gasteiger partial charge on any atom is 0.0480 e. The van der Waals surface area contributed by atoms with E-state index in [1.807, 2.05) is 0 Å². The topological polar surface area (TPSA) is 12.5 Å². The Hall–Kier alpha value is -0.0800. The van der Waals surface area contributed by atoms with E-state index < -0.39 is 0 Å². The zero-order valence-electron chi connectivity index (χ0n) is 10.1. The predicted molar refractivity (Wildman–Crippen MR) is 60.5 cm³/mol. The summed E-state index contributed by atoms with van der Waals surface area (Å²) in [6.07, 6.45) is 3.68. The van der Waals surface area contributed by atoms with E-state index in [0.717, 1.165) is 25.2 Å². The summed E-state index contributed by atoms with van der Waals surface area (Å²) in [5.41, 5.74) is 0. The second-order valence-corrected chi connectivity index (χ2v) is 4.64. The largest absolute Gasteiger partial charge is 0.381 e. The molecule has 0 aliphatic carbocycles. The molecule has 1 aliphatic rings. The minimum absolute atomic E-state index is 0.697. The van der Waals surface area contributed by atoms with Gasteiger partial charge in [-0.1, -0.05) is 20.3 Å². The van der Waals surface area contributed by atoms with Crippen molar-refractivity contribution >= 4 is 0 Å². The molecule has 0 aromatic rings. The van der Waals surface area contributed by atoms with Gasteiger partial charge in [-0.25, -0.2) is 0 Å². The first-order chi connectivity index (χ1) is 6.66.